The van der Waals surface area contributed by atoms with Gasteiger partial charge in [-0.2, -0.15) is 0 Å². The first kappa shape index (κ1) is 31.3. The summed E-state index contributed by atoms with van der Waals surface area (Å²) in [6, 6.07) is 26.9. The maximum absolute atomic E-state index is 14.2. The van der Waals surface area contributed by atoms with Crippen LogP contribution < -0.4 is 5.32 Å². The van der Waals surface area contributed by atoms with E-state index in [4.69, 9.17) is 9.47 Å². The minimum absolute atomic E-state index is 0.229. The van der Waals surface area contributed by atoms with E-state index in [2.05, 4.69) is 41.7 Å². The molecule has 0 spiro atoms. The van der Waals surface area contributed by atoms with E-state index in [9.17, 15) is 14.7 Å². The molecule has 0 radical (unpaired) electrons. The molecule has 2 amide bonds. The standard InChI is InChI=1S/C35H44N2O5/c1-33(2,3)30(36-32(40)42-34(4,5)6)31(39)37-24-35(21-29(37)22-38,41-23-25-13-9-7-10-14-25)28-19-17-27(18-20-28)26-15-11-8-12-16-26/h7-20,29-30,38H,21-24H2,1-6H3,(H,36,40)/t29-,30-,35+/m1/s1. The van der Waals surface area contributed by atoms with Gasteiger partial charge < -0.3 is 24.8 Å². The number of likely N-dealkylation sites (tertiary alicyclic amines) is 1. The van der Waals surface area contributed by atoms with E-state index in [1.165, 1.54) is 0 Å². The van der Waals surface area contributed by atoms with Crippen LogP contribution in [0.3, 0.4) is 0 Å². The van der Waals surface area contributed by atoms with Crippen molar-refractivity contribution in [1.82, 2.24) is 10.2 Å². The van der Waals surface area contributed by atoms with Crippen LogP contribution in [0.5, 0.6) is 0 Å². The highest BCUT2D eigenvalue weighted by atomic mass is 16.6. The Morgan fingerprint density at radius 1 is 0.905 bits per heavy atom. The number of hydrogen-bond acceptors (Lipinski definition) is 5. The average Bonchev–Trinajstić information content (AvgIpc) is 3.34. The van der Waals surface area contributed by atoms with Crippen molar-refractivity contribution < 1.29 is 24.2 Å². The molecule has 0 bridgehead atoms. The van der Waals surface area contributed by atoms with Gasteiger partial charge in [0.15, 0.2) is 0 Å². The Hall–Kier alpha value is -3.68. The summed E-state index contributed by atoms with van der Waals surface area (Å²) in [6.45, 7) is 11.4. The summed E-state index contributed by atoms with van der Waals surface area (Å²) in [5.74, 6) is -0.279. The first-order valence-electron chi connectivity index (χ1n) is 14.6. The van der Waals surface area contributed by atoms with Crippen LogP contribution in [0.4, 0.5) is 4.79 Å². The fraction of sp³-hybridized carbons (Fsp3) is 0.429. The molecule has 2 N–H and O–H groups in total. The second-order valence-corrected chi connectivity index (χ2v) is 13.2. The zero-order chi connectivity index (χ0) is 30.5. The van der Waals surface area contributed by atoms with Crippen LogP contribution in [0.2, 0.25) is 0 Å². The Bertz CT molecular complexity index is 1330. The molecule has 3 atom stereocenters. The number of alkyl carbamates (subject to hydrolysis) is 1. The lowest BCUT2D eigenvalue weighted by molar-refractivity contribution is -0.139. The van der Waals surface area contributed by atoms with Crippen LogP contribution in [0.1, 0.15) is 59.1 Å². The molecule has 1 aliphatic rings. The van der Waals surface area contributed by atoms with Gasteiger partial charge in [0.2, 0.25) is 5.91 Å². The van der Waals surface area contributed by atoms with Crippen LogP contribution in [0.15, 0.2) is 84.9 Å². The topological polar surface area (TPSA) is 88.1 Å². The van der Waals surface area contributed by atoms with Crippen LogP contribution in [0, 0.1) is 5.41 Å². The third kappa shape index (κ3) is 7.58. The van der Waals surface area contributed by atoms with Crippen molar-refractivity contribution in [2.75, 3.05) is 13.2 Å². The molecule has 42 heavy (non-hydrogen) atoms. The van der Waals surface area contributed by atoms with Gasteiger partial charge in [0.05, 0.1) is 25.8 Å². The Labute approximate surface area is 249 Å². The number of rotatable bonds is 8. The molecule has 7 heteroatoms. The average molecular weight is 573 g/mol. The van der Waals surface area contributed by atoms with Crippen LogP contribution >= 0.6 is 0 Å². The summed E-state index contributed by atoms with van der Waals surface area (Å²) in [5, 5.41) is 13.3. The summed E-state index contributed by atoms with van der Waals surface area (Å²) in [4.78, 5) is 28.6. The molecule has 1 saturated heterocycles. The Morgan fingerprint density at radius 3 is 2.02 bits per heavy atom. The van der Waals surface area contributed by atoms with Gasteiger partial charge in [0, 0.05) is 6.42 Å². The smallest absolute Gasteiger partial charge is 0.408 e. The highest BCUT2D eigenvalue weighted by Gasteiger charge is 2.50. The number of hydrogen-bond donors (Lipinski definition) is 2. The second kappa shape index (κ2) is 12.7. The summed E-state index contributed by atoms with van der Waals surface area (Å²) in [6.07, 6.45) is -0.241. The molecule has 0 aromatic heterocycles. The van der Waals surface area contributed by atoms with E-state index in [-0.39, 0.29) is 19.1 Å². The van der Waals surface area contributed by atoms with Crippen LogP contribution in [0.25, 0.3) is 11.1 Å². The molecule has 3 aromatic rings. The molecular weight excluding hydrogens is 528 g/mol. The van der Waals surface area contributed by atoms with Crippen molar-refractivity contribution in [3.8, 4) is 11.1 Å². The Kier molecular flexibility index (Phi) is 9.43. The molecule has 4 rings (SSSR count). The molecule has 0 aliphatic carbocycles. The van der Waals surface area contributed by atoms with Gasteiger partial charge >= 0.3 is 6.09 Å². The van der Waals surface area contributed by atoms with Crippen LogP contribution in [-0.4, -0.2) is 52.8 Å². The molecule has 224 valence electrons. The normalized spacial score (nSPS) is 19.8. The summed E-state index contributed by atoms with van der Waals surface area (Å²) < 4.78 is 12.2. The van der Waals surface area contributed by atoms with Gasteiger partial charge in [0.1, 0.15) is 17.2 Å². The molecular formula is C35H44N2O5. The van der Waals surface area contributed by atoms with Crippen molar-refractivity contribution in [1.29, 1.82) is 0 Å². The first-order valence-corrected chi connectivity index (χ1v) is 14.6. The van der Waals surface area contributed by atoms with Crippen LogP contribution in [-0.2, 0) is 26.5 Å². The predicted molar refractivity (Wildman–Crippen MR) is 165 cm³/mol. The van der Waals surface area contributed by atoms with Crippen molar-refractivity contribution in [3.05, 3.63) is 96.1 Å². The molecule has 3 aromatic carbocycles. The summed E-state index contributed by atoms with van der Waals surface area (Å²) in [5.41, 5.74) is 1.96. The molecule has 0 unspecified atom stereocenters. The first-order chi connectivity index (χ1) is 19.8. The maximum Gasteiger partial charge on any atom is 0.408 e. The highest BCUT2D eigenvalue weighted by molar-refractivity contribution is 5.87. The molecule has 1 aliphatic heterocycles. The second-order valence-electron chi connectivity index (χ2n) is 13.2. The van der Waals surface area contributed by atoms with Gasteiger partial charge in [-0.25, -0.2) is 4.79 Å². The largest absolute Gasteiger partial charge is 0.444 e. The number of carbonyl (C=O) groups excluding carboxylic acids is 2. The number of amides is 2. The third-order valence-corrected chi connectivity index (χ3v) is 7.58. The lowest BCUT2D eigenvalue weighted by Crippen LogP contribution is -2.57. The Balaban J connectivity index is 1.67. The van der Waals surface area contributed by atoms with Gasteiger partial charge in [0.25, 0.3) is 0 Å². The number of aliphatic hydroxyl groups excluding tert-OH is 1. The summed E-state index contributed by atoms with van der Waals surface area (Å²) >= 11 is 0. The van der Waals surface area contributed by atoms with E-state index in [0.717, 1.165) is 22.3 Å². The van der Waals surface area contributed by atoms with Gasteiger partial charge in [-0.15, -0.1) is 0 Å². The van der Waals surface area contributed by atoms with Crippen molar-refractivity contribution in [3.63, 3.8) is 0 Å². The fourth-order valence-corrected chi connectivity index (χ4v) is 5.41. The van der Waals surface area contributed by atoms with E-state index in [0.29, 0.717) is 13.0 Å². The number of nitrogens with one attached hydrogen (secondary N) is 1. The number of benzene rings is 3. The van der Waals surface area contributed by atoms with Crippen molar-refractivity contribution in [2.45, 2.75) is 77.9 Å². The predicted octanol–water partition coefficient (Wildman–Crippen LogP) is 6.30. The van der Waals surface area contributed by atoms with Crippen molar-refractivity contribution in [2.24, 2.45) is 5.41 Å². The van der Waals surface area contributed by atoms with E-state index in [1.807, 2.05) is 69.3 Å². The van der Waals surface area contributed by atoms with Gasteiger partial charge in [-0.3, -0.25) is 4.79 Å². The number of aliphatic hydroxyl groups is 1. The SMILES string of the molecule is CC(C)(C)OC(=O)N[C@H](C(=O)N1C[C@](OCc2ccccc2)(c2ccc(-c3ccccc3)cc2)C[C@@H]1CO)C(C)(C)C. The zero-order valence-electron chi connectivity index (χ0n) is 25.6. The quantitative estimate of drug-likeness (QED) is 0.331. The summed E-state index contributed by atoms with van der Waals surface area (Å²) in [7, 11) is 0. The number of nitrogens with zero attached hydrogens (tertiary/aromatic N) is 1. The zero-order valence-corrected chi connectivity index (χ0v) is 25.6. The molecule has 7 nitrogen and oxygen atoms in total. The minimum atomic E-state index is -0.869. The minimum Gasteiger partial charge on any atom is -0.444 e. The fourth-order valence-electron chi connectivity index (χ4n) is 5.41. The maximum atomic E-state index is 14.2. The van der Waals surface area contributed by atoms with E-state index < -0.39 is 34.8 Å². The monoisotopic (exact) mass is 572 g/mol. The third-order valence-electron chi connectivity index (χ3n) is 7.58. The number of ether oxygens (including phenoxy) is 2. The van der Waals surface area contributed by atoms with Gasteiger partial charge in [-0.05, 0) is 48.4 Å². The lowest BCUT2D eigenvalue weighted by atomic mass is 9.85. The molecule has 0 saturated carbocycles. The lowest BCUT2D eigenvalue weighted by Gasteiger charge is -2.36. The van der Waals surface area contributed by atoms with E-state index in [1.54, 1.807) is 25.7 Å². The molecule has 1 heterocycles. The highest BCUT2D eigenvalue weighted by Crippen LogP contribution is 2.42. The Morgan fingerprint density at radius 2 is 1.48 bits per heavy atom. The van der Waals surface area contributed by atoms with E-state index >= 15 is 0 Å². The van der Waals surface area contributed by atoms with Gasteiger partial charge in [-0.1, -0.05) is 106 Å². The van der Waals surface area contributed by atoms with Crippen molar-refractivity contribution >= 4 is 12.0 Å². The molecule has 1 fully saturated rings. The number of carbonyl (C=O) groups is 2.